The Morgan fingerprint density at radius 3 is 2.35 bits per heavy atom. The van der Waals surface area contributed by atoms with E-state index in [1.54, 1.807) is 0 Å². The molecule has 0 aliphatic heterocycles. The quantitative estimate of drug-likeness (QED) is 0.839. The maximum absolute atomic E-state index is 5.84. The predicted octanol–water partition coefficient (Wildman–Crippen LogP) is 4.10. The highest BCUT2D eigenvalue weighted by Crippen LogP contribution is 2.30. The molecule has 3 heteroatoms. The number of fused-ring (bicyclic) bond motifs is 1. The van der Waals surface area contributed by atoms with E-state index in [-0.39, 0.29) is 0 Å². The molecule has 0 heterocycles. The maximum Gasteiger partial charge on any atom is 0.104 e. The van der Waals surface area contributed by atoms with Gasteiger partial charge in [0.05, 0.1) is 0 Å². The van der Waals surface area contributed by atoms with E-state index in [4.69, 9.17) is 18.0 Å². The van der Waals surface area contributed by atoms with E-state index in [0.717, 1.165) is 23.9 Å². The minimum atomic E-state index is 0.458. The molecule has 0 atom stereocenters. The molecule has 2 N–H and O–H groups in total. The Kier molecular flexibility index (Phi) is 4.61. The van der Waals surface area contributed by atoms with E-state index >= 15 is 0 Å². The highest BCUT2D eigenvalue weighted by molar-refractivity contribution is 7.80. The van der Waals surface area contributed by atoms with Gasteiger partial charge in [-0.05, 0) is 37.8 Å². The first-order chi connectivity index (χ1) is 9.56. The summed E-state index contributed by atoms with van der Waals surface area (Å²) in [6.45, 7) is 7.72. The van der Waals surface area contributed by atoms with Crippen molar-refractivity contribution in [3.63, 3.8) is 0 Å². The van der Waals surface area contributed by atoms with E-state index in [1.807, 2.05) is 12.1 Å². The monoisotopic (exact) mass is 286 g/mol. The van der Waals surface area contributed by atoms with Gasteiger partial charge in [-0.2, -0.15) is 0 Å². The molecule has 0 aliphatic carbocycles. The molecule has 0 bridgehead atoms. The molecule has 0 saturated heterocycles. The van der Waals surface area contributed by atoms with Gasteiger partial charge in [0.2, 0.25) is 0 Å². The molecule has 20 heavy (non-hydrogen) atoms. The van der Waals surface area contributed by atoms with Gasteiger partial charge in [-0.15, -0.1) is 0 Å². The second kappa shape index (κ2) is 6.23. The van der Waals surface area contributed by atoms with Crippen molar-refractivity contribution in [2.24, 2.45) is 5.73 Å². The average molecular weight is 286 g/mol. The largest absolute Gasteiger partial charge is 0.389 e. The van der Waals surface area contributed by atoms with Crippen LogP contribution >= 0.6 is 12.2 Å². The molecule has 0 radical (unpaired) electrons. The van der Waals surface area contributed by atoms with E-state index < -0.39 is 0 Å². The fourth-order valence-corrected chi connectivity index (χ4v) is 2.82. The Hall–Kier alpha value is -1.61. The number of hydrogen-bond acceptors (Lipinski definition) is 2. The second-order valence-electron chi connectivity index (χ2n) is 5.33. The van der Waals surface area contributed by atoms with Gasteiger partial charge in [-0.1, -0.05) is 43.4 Å². The van der Waals surface area contributed by atoms with Crippen molar-refractivity contribution in [1.82, 2.24) is 0 Å². The highest BCUT2D eigenvalue weighted by atomic mass is 32.1. The minimum Gasteiger partial charge on any atom is -0.389 e. The molecule has 0 spiro atoms. The van der Waals surface area contributed by atoms with Crippen molar-refractivity contribution in [1.29, 1.82) is 0 Å². The first-order valence-corrected chi connectivity index (χ1v) is 7.55. The summed E-state index contributed by atoms with van der Waals surface area (Å²) >= 11 is 5.17. The molecule has 0 amide bonds. The number of rotatable bonds is 5. The molecular weight excluding hydrogens is 264 g/mol. The molecule has 0 aliphatic rings. The van der Waals surface area contributed by atoms with E-state index in [1.165, 1.54) is 11.1 Å². The molecule has 0 aromatic heterocycles. The Balaban J connectivity index is 2.66. The molecule has 0 unspecified atom stereocenters. The summed E-state index contributed by atoms with van der Waals surface area (Å²) in [5.41, 5.74) is 8.06. The van der Waals surface area contributed by atoms with Crippen LogP contribution in [0.5, 0.6) is 0 Å². The zero-order chi connectivity index (χ0) is 14.7. The summed E-state index contributed by atoms with van der Waals surface area (Å²) in [7, 11) is 0. The molecule has 0 saturated carbocycles. The Bertz CT molecular complexity index is 619. The van der Waals surface area contributed by atoms with Gasteiger partial charge in [0, 0.05) is 29.2 Å². The van der Waals surface area contributed by atoms with Gasteiger partial charge in [0.1, 0.15) is 4.99 Å². The maximum atomic E-state index is 5.84. The van der Waals surface area contributed by atoms with Crippen molar-refractivity contribution in [3.8, 4) is 0 Å². The third-order valence-electron chi connectivity index (χ3n) is 3.56. The smallest absolute Gasteiger partial charge is 0.104 e. The van der Waals surface area contributed by atoms with Gasteiger partial charge in [0.25, 0.3) is 0 Å². The predicted molar refractivity (Wildman–Crippen MR) is 92.6 cm³/mol. The summed E-state index contributed by atoms with van der Waals surface area (Å²) in [4.78, 5) is 2.89. The number of nitrogens with zero attached hydrogens (tertiary/aromatic N) is 1. The molecule has 2 aromatic carbocycles. The van der Waals surface area contributed by atoms with Crippen LogP contribution in [0.4, 0.5) is 5.69 Å². The van der Waals surface area contributed by atoms with E-state index in [9.17, 15) is 0 Å². The van der Waals surface area contributed by atoms with Crippen LogP contribution in [0.25, 0.3) is 10.8 Å². The van der Waals surface area contributed by atoms with Crippen molar-refractivity contribution in [3.05, 3.63) is 42.0 Å². The highest BCUT2D eigenvalue weighted by Gasteiger charge is 2.14. The fraction of sp³-hybridized carbons (Fsp3) is 0.353. The Labute approximate surface area is 126 Å². The van der Waals surface area contributed by atoms with Gasteiger partial charge < -0.3 is 10.6 Å². The Morgan fingerprint density at radius 1 is 1.15 bits per heavy atom. The topological polar surface area (TPSA) is 29.3 Å². The summed E-state index contributed by atoms with van der Waals surface area (Å²) in [6.07, 6.45) is 1.13. The van der Waals surface area contributed by atoms with Gasteiger partial charge in [-0.3, -0.25) is 0 Å². The summed E-state index contributed by atoms with van der Waals surface area (Å²) < 4.78 is 0. The second-order valence-corrected chi connectivity index (χ2v) is 5.77. The summed E-state index contributed by atoms with van der Waals surface area (Å²) in [5.74, 6) is 0. The molecule has 2 nitrogen and oxygen atoms in total. The van der Waals surface area contributed by atoms with Crippen molar-refractivity contribution < 1.29 is 0 Å². The van der Waals surface area contributed by atoms with Crippen LogP contribution in [0.1, 0.15) is 32.8 Å². The lowest BCUT2D eigenvalue weighted by Crippen LogP contribution is -2.31. The Morgan fingerprint density at radius 2 is 1.80 bits per heavy atom. The summed E-state index contributed by atoms with van der Waals surface area (Å²) in [6, 6.07) is 13.0. The van der Waals surface area contributed by atoms with Gasteiger partial charge >= 0.3 is 0 Å². The number of hydrogen-bond donors (Lipinski definition) is 1. The molecular formula is C17H22N2S. The molecule has 2 rings (SSSR count). The van der Waals surface area contributed by atoms with E-state index in [2.05, 4.69) is 49.9 Å². The third-order valence-corrected chi connectivity index (χ3v) is 3.78. The standard InChI is InChI=1S/C17H22N2S/c1-4-11-19(12(2)3)16-10-9-15(17(18)20)13-7-5-6-8-14(13)16/h5-10,12H,4,11H2,1-3H3,(H2,18,20). The van der Waals surface area contributed by atoms with Crippen LogP contribution in [0, 0.1) is 0 Å². The zero-order valence-corrected chi connectivity index (χ0v) is 13.2. The molecule has 2 aromatic rings. The van der Waals surface area contributed by atoms with Crippen LogP contribution in [0.15, 0.2) is 36.4 Å². The van der Waals surface area contributed by atoms with Crippen LogP contribution in [0.2, 0.25) is 0 Å². The molecule has 0 fully saturated rings. The lowest BCUT2D eigenvalue weighted by atomic mass is 10.0. The first-order valence-electron chi connectivity index (χ1n) is 7.14. The van der Waals surface area contributed by atoms with Crippen LogP contribution in [-0.4, -0.2) is 17.6 Å². The fourth-order valence-electron chi connectivity index (χ4n) is 2.65. The van der Waals surface area contributed by atoms with Gasteiger partial charge in [-0.25, -0.2) is 0 Å². The lowest BCUT2D eigenvalue weighted by molar-refractivity contribution is 0.673. The number of benzene rings is 2. The number of nitrogens with two attached hydrogens (primary N) is 1. The van der Waals surface area contributed by atoms with Crippen molar-refractivity contribution >= 4 is 33.7 Å². The normalized spacial score (nSPS) is 11.0. The lowest BCUT2D eigenvalue weighted by Gasteiger charge is -2.30. The van der Waals surface area contributed by atoms with Crippen LogP contribution in [0.3, 0.4) is 0 Å². The van der Waals surface area contributed by atoms with Crippen molar-refractivity contribution in [2.45, 2.75) is 33.2 Å². The summed E-state index contributed by atoms with van der Waals surface area (Å²) in [5, 5.41) is 2.36. The zero-order valence-electron chi connectivity index (χ0n) is 12.4. The minimum absolute atomic E-state index is 0.458. The average Bonchev–Trinajstić information content (AvgIpc) is 2.43. The SMILES string of the molecule is CCCN(c1ccc(C(N)=S)c2ccccc12)C(C)C. The first kappa shape index (κ1) is 14.8. The van der Waals surface area contributed by atoms with Crippen LogP contribution < -0.4 is 10.6 Å². The third kappa shape index (κ3) is 2.78. The van der Waals surface area contributed by atoms with Crippen LogP contribution in [-0.2, 0) is 0 Å². The number of anilines is 1. The number of thiocarbonyl (C=S) groups is 1. The van der Waals surface area contributed by atoms with E-state index in [0.29, 0.717) is 11.0 Å². The van der Waals surface area contributed by atoms with Gasteiger partial charge in [0.15, 0.2) is 0 Å². The molecule has 106 valence electrons. The van der Waals surface area contributed by atoms with Crippen molar-refractivity contribution in [2.75, 3.05) is 11.4 Å².